The molecule has 0 unspecified atom stereocenters. The highest BCUT2D eigenvalue weighted by atomic mass is 19.3. The standard InChI is InChI=1S/C31H38F2N6O/c1-19(2)28-24-15-23(22-7-11-38(12-8-22)27(40)17-37-13-9-31(32,33)10-14-37)5-6-26(24)36-29(28)25-16-39-30(34-18-35-39)21(4)20(25)3/h5-6,15-16,18-19,22,36H,7-14,17H2,1-4H3. The molecule has 2 saturated heterocycles. The molecule has 1 aromatic carbocycles. The van der Waals surface area contributed by atoms with Crippen LogP contribution in [0.5, 0.6) is 0 Å². The third-order valence-electron chi connectivity index (χ3n) is 9.10. The molecule has 2 fully saturated rings. The Bertz CT molecular complexity index is 1550. The average molecular weight is 549 g/mol. The van der Waals surface area contributed by atoms with E-state index in [1.807, 2.05) is 14.3 Å². The number of aromatic amines is 1. The molecule has 3 aromatic heterocycles. The van der Waals surface area contributed by atoms with Gasteiger partial charge in [0.15, 0.2) is 5.65 Å². The number of hydrogen-bond donors (Lipinski definition) is 1. The average Bonchev–Trinajstić information content (AvgIpc) is 3.56. The molecule has 1 N–H and O–H groups in total. The highest BCUT2D eigenvalue weighted by Crippen LogP contribution is 2.40. The number of pyridine rings is 1. The predicted octanol–water partition coefficient (Wildman–Crippen LogP) is 6.05. The van der Waals surface area contributed by atoms with E-state index in [0.29, 0.717) is 24.9 Å². The number of nitrogens with zero attached hydrogens (tertiary/aromatic N) is 5. The number of aryl methyl sites for hydroxylation is 1. The summed E-state index contributed by atoms with van der Waals surface area (Å²) in [7, 11) is 0. The van der Waals surface area contributed by atoms with Crippen molar-refractivity contribution in [3.8, 4) is 11.3 Å². The van der Waals surface area contributed by atoms with E-state index >= 15 is 0 Å². The summed E-state index contributed by atoms with van der Waals surface area (Å²) in [6.07, 6.45) is 5.18. The third kappa shape index (κ3) is 4.89. The number of halogens is 2. The molecule has 0 saturated carbocycles. The smallest absolute Gasteiger partial charge is 0.250 e. The van der Waals surface area contributed by atoms with Crippen LogP contribution in [0.2, 0.25) is 0 Å². The van der Waals surface area contributed by atoms with Crippen molar-refractivity contribution in [3.63, 3.8) is 0 Å². The van der Waals surface area contributed by atoms with Crippen LogP contribution in [0.25, 0.3) is 27.8 Å². The lowest BCUT2D eigenvalue weighted by molar-refractivity contribution is -0.135. The Kier molecular flexibility index (Phi) is 6.89. The molecule has 0 bridgehead atoms. The summed E-state index contributed by atoms with van der Waals surface area (Å²) in [5, 5.41) is 5.65. The zero-order valence-corrected chi connectivity index (χ0v) is 23.8. The van der Waals surface area contributed by atoms with E-state index in [0.717, 1.165) is 40.8 Å². The number of rotatable bonds is 5. The van der Waals surface area contributed by atoms with Crippen LogP contribution in [-0.4, -0.2) is 73.9 Å². The number of benzene rings is 1. The van der Waals surface area contributed by atoms with Gasteiger partial charge in [-0.05, 0) is 72.9 Å². The second kappa shape index (κ2) is 10.3. The number of likely N-dealkylation sites (tertiary alicyclic amines) is 2. The molecule has 2 aliphatic heterocycles. The van der Waals surface area contributed by atoms with Crippen LogP contribution in [0.4, 0.5) is 8.78 Å². The van der Waals surface area contributed by atoms with Gasteiger partial charge in [-0.15, -0.1) is 0 Å². The molecule has 2 aliphatic rings. The molecule has 7 nitrogen and oxygen atoms in total. The first-order valence-corrected chi connectivity index (χ1v) is 14.4. The zero-order valence-electron chi connectivity index (χ0n) is 23.8. The summed E-state index contributed by atoms with van der Waals surface area (Å²) in [6, 6.07) is 6.76. The maximum Gasteiger partial charge on any atom is 0.250 e. The first kappa shape index (κ1) is 26.9. The number of carbonyl (C=O) groups is 1. The third-order valence-corrected chi connectivity index (χ3v) is 9.10. The van der Waals surface area contributed by atoms with Gasteiger partial charge in [0.2, 0.25) is 5.91 Å². The Morgan fingerprint density at radius 3 is 2.52 bits per heavy atom. The highest BCUT2D eigenvalue weighted by molar-refractivity contribution is 5.92. The molecule has 212 valence electrons. The fourth-order valence-corrected chi connectivity index (χ4v) is 6.54. The number of carbonyl (C=O) groups excluding carboxylic acids is 1. The van der Waals surface area contributed by atoms with Crippen molar-refractivity contribution in [2.75, 3.05) is 32.7 Å². The van der Waals surface area contributed by atoms with Gasteiger partial charge in [-0.3, -0.25) is 9.69 Å². The maximum atomic E-state index is 13.5. The number of hydrogen-bond acceptors (Lipinski definition) is 4. The van der Waals surface area contributed by atoms with E-state index in [4.69, 9.17) is 0 Å². The van der Waals surface area contributed by atoms with Crippen molar-refractivity contribution < 1.29 is 13.6 Å². The molecule has 0 aliphatic carbocycles. The summed E-state index contributed by atoms with van der Waals surface area (Å²) < 4.78 is 28.8. The molecule has 0 spiro atoms. The lowest BCUT2D eigenvalue weighted by Gasteiger charge is -2.36. The Labute approximate surface area is 233 Å². The number of alkyl halides is 2. The van der Waals surface area contributed by atoms with Gasteiger partial charge in [-0.25, -0.2) is 18.3 Å². The van der Waals surface area contributed by atoms with Gasteiger partial charge in [0.05, 0.1) is 12.2 Å². The van der Waals surface area contributed by atoms with Crippen LogP contribution in [0.15, 0.2) is 30.7 Å². The number of H-pyrrole nitrogens is 1. The van der Waals surface area contributed by atoms with E-state index in [1.54, 1.807) is 6.33 Å². The van der Waals surface area contributed by atoms with Gasteiger partial charge in [-0.2, -0.15) is 5.10 Å². The van der Waals surface area contributed by atoms with Gasteiger partial charge < -0.3 is 9.88 Å². The van der Waals surface area contributed by atoms with Crippen LogP contribution in [-0.2, 0) is 4.79 Å². The number of fused-ring (bicyclic) bond motifs is 2. The Hall–Kier alpha value is -3.33. The van der Waals surface area contributed by atoms with Crippen LogP contribution in [0.1, 0.15) is 73.6 Å². The first-order chi connectivity index (χ1) is 19.1. The topological polar surface area (TPSA) is 69.5 Å². The summed E-state index contributed by atoms with van der Waals surface area (Å²) in [5.41, 5.74) is 9.22. The minimum atomic E-state index is -2.59. The molecule has 1 amide bonds. The van der Waals surface area contributed by atoms with E-state index in [1.165, 1.54) is 22.1 Å². The monoisotopic (exact) mass is 548 g/mol. The Morgan fingerprint density at radius 1 is 1.10 bits per heavy atom. The molecule has 4 aromatic rings. The fourth-order valence-electron chi connectivity index (χ4n) is 6.54. The minimum absolute atomic E-state index is 0.0616. The highest BCUT2D eigenvalue weighted by Gasteiger charge is 2.35. The van der Waals surface area contributed by atoms with Gasteiger partial charge >= 0.3 is 0 Å². The second-order valence-electron chi connectivity index (χ2n) is 12.0. The summed E-state index contributed by atoms with van der Waals surface area (Å²) in [5.74, 6) is -1.82. The quantitative estimate of drug-likeness (QED) is 0.329. The van der Waals surface area contributed by atoms with Gasteiger partial charge in [0, 0.05) is 61.7 Å². The summed E-state index contributed by atoms with van der Waals surface area (Å²) in [6.45, 7) is 11.0. The summed E-state index contributed by atoms with van der Waals surface area (Å²) >= 11 is 0. The SMILES string of the molecule is Cc1c(-c2[nH]c3ccc(C4CCN(C(=O)CN5CCC(F)(F)CC5)CC4)cc3c2C(C)C)cn2ncnc2c1C. The maximum absolute atomic E-state index is 13.5. The lowest BCUT2D eigenvalue weighted by Crippen LogP contribution is -2.47. The number of aromatic nitrogens is 4. The zero-order chi connectivity index (χ0) is 28.2. The predicted molar refractivity (Wildman–Crippen MR) is 153 cm³/mol. The number of piperidine rings is 2. The summed E-state index contributed by atoms with van der Waals surface area (Å²) in [4.78, 5) is 24.8. The molecule has 6 rings (SSSR count). The van der Waals surface area contributed by atoms with Crippen molar-refractivity contribution >= 4 is 22.5 Å². The van der Waals surface area contributed by atoms with E-state index in [-0.39, 0.29) is 38.4 Å². The number of amides is 1. The van der Waals surface area contributed by atoms with Crippen LogP contribution >= 0.6 is 0 Å². The van der Waals surface area contributed by atoms with Gasteiger partial charge in [-0.1, -0.05) is 19.9 Å². The van der Waals surface area contributed by atoms with Crippen molar-refractivity contribution in [1.82, 2.24) is 29.4 Å². The largest absolute Gasteiger partial charge is 0.354 e. The molecular weight excluding hydrogens is 510 g/mol. The van der Waals surface area contributed by atoms with E-state index in [2.05, 4.69) is 67.2 Å². The normalized spacial score (nSPS) is 18.8. The van der Waals surface area contributed by atoms with Crippen LogP contribution in [0.3, 0.4) is 0 Å². The van der Waals surface area contributed by atoms with E-state index < -0.39 is 5.92 Å². The molecule has 9 heteroatoms. The molecule has 0 atom stereocenters. The minimum Gasteiger partial charge on any atom is -0.354 e. The van der Waals surface area contributed by atoms with Crippen molar-refractivity contribution in [2.24, 2.45) is 0 Å². The Morgan fingerprint density at radius 2 is 1.82 bits per heavy atom. The van der Waals surface area contributed by atoms with Crippen LogP contribution in [0, 0.1) is 13.8 Å². The molecule has 40 heavy (non-hydrogen) atoms. The molecular formula is C31H38F2N6O. The lowest BCUT2D eigenvalue weighted by atomic mass is 9.87. The van der Waals surface area contributed by atoms with E-state index in [9.17, 15) is 13.6 Å². The fraction of sp³-hybridized carbons (Fsp3) is 0.516. The van der Waals surface area contributed by atoms with Crippen LogP contribution < -0.4 is 0 Å². The first-order valence-electron chi connectivity index (χ1n) is 14.4. The van der Waals surface area contributed by atoms with Crippen molar-refractivity contribution in [1.29, 1.82) is 0 Å². The Balaban J connectivity index is 1.21. The van der Waals surface area contributed by atoms with Gasteiger partial charge in [0.1, 0.15) is 6.33 Å². The van der Waals surface area contributed by atoms with Gasteiger partial charge in [0.25, 0.3) is 5.92 Å². The van der Waals surface area contributed by atoms with Crippen molar-refractivity contribution in [2.45, 2.75) is 71.1 Å². The second-order valence-corrected chi connectivity index (χ2v) is 12.0. The molecule has 0 radical (unpaired) electrons. The number of nitrogens with one attached hydrogen (secondary N) is 1. The van der Waals surface area contributed by atoms with Crippen molar-refractivity contribution in [3.05, 3.63) is 53.0 Å². The molecule has 5 heterocycles.